The zero-order valence-corrected chi connectivity index (χ0v) is 19.1. The molecular formula is C22H29ClN4O2S. The summed E-state index contributed by atoms with van der Waals surface area (Å²) in [6.07, 6.45) is 1.03. The van der Waals surface area contributed by atoms with Crippen LogP contribution in [0.1, 0.15) is 17.2 Å². The molecule has 30 heavy (non-hydrogen) atoms. The van der Waals surface area contributed by atoms with Gasteiger partial charge in [0.25, 0.3) is 0 Å². The van der Waals surface area contributed by atoms with E-state index in [1.54, 1.807) is 24.3 Å². The van der Waals surface area contributed by atoms with Crippen LogP contribution in [-0.4, -0.2) is 71.6 Å². The highest BCUT2D eigenvalue weighted by Crippen LogP contribution is 2.32. The molecule has 2 aliphatic heterocycles. The standard InChI is InChI=1S/C22H29ClN4O2S/c1-25-11-13-27(14-12-25)21(17-7-8-20-18(15-17)9-10-26(20)2)16-24-30(28,29)22-6-4-3-5-19(22)23/h3-8,15,21,24H,9-14,16H2,1-2H3/t21-/m1/s1. The van der Waals surface area contributed by atoms with Crippen molar-refractivity contribution in [1.29, 1.82) is 0 Å². The van der Waals surface area contributed by atoms with Gasteiger partial charge in [0.05, 0.1) is 5.02 Å². The second kappa shape index (κ2) is 8.85. The maximum atomic E-state index is 12.9. The molecule has 2 aliphatic rings. The maximum Gasteiger partial charge on any atom is 0.242 e. The Morgan fingerprint density at radius 1 is 1.03 bits per heavy atom. The van der Waals surface area contributed by atoms with E-state index in [0.717, 1.165) is 44.7 Å². The molecule has 0 bridgehead atoms. The van der Waals surface area contributed by atoms with Gasteiger partial charge in [-0.05, 0) is 42.8 Å². The number of anilines is 1. The number of hydrogen-bond acceptors (Lipinski definition) is 5. The summed E-state index contributed by atoms with van der Waals surface area (Å²) >= 11 is 6.14. The lowest BCUT2D eigenvalue weighted by molar-refractivity contribution is 0.113. The highest BCUT2D eigenvalue weighted by atomic mass is 35.5. The predicted octanol–water partition coefficient (Wildman–Crippen LogP) is 2.60. The Bertz CT molecular complexity index is 1010. The normalized spacial score (nSPS) is 19.1. The molecule has 1 atom stereocenters. The van der Waals surface area contributed by atoms with Crippen LogP contribution >= 0.6 is 11.6 Å². The number of piperazine rings is 1. The molecular weight excluding hydrogens is 420 g/mol. The van der Waals surface area contributed by atoms with Gasteiger partial charge in [-0.2, -0.15) is 0 Å². The van der Waals surface area contributed by atoms with Crippen LogP contribution in [0.25, 0.3) is 0 Å². The molecule has 8 heteroatoms. The molecule has 162 valence electrons. The molecule has 1 fully saturated rings. The SMILES string of the molecule is CN1CCN([C@H](CNS(=O)(=O)c2ccccc2Cl)c2ccc3c(c2)CCN3C)CC1. The van der Waals surface area contributed by atoms with Gasteiger partial charge in [-0.1, -0.05) is 35.9 Å². The highest BCUT2D eigenvalue weighted by molar-refractivity contribution is 7.89. The summed E-state index contributed by atoms with van der Waals surface area (Å²) in [6.45, 7) is 5.10. The van der Waals surface area contributed by atoms with Gasteiger partial charge in [0.1, 0.15) is 4.90 Å². The van der Waals surface area contributed by atoms with Crippen LogP contribution in [0.4, 0.5) is 5.69 Å². The number of hydrogen-bond donors (Lipinski definition) is 1. The Labute approximate surface area is 184 Å². The third kappa shape index (κ3) is 4.50. The molecule has 0 spiro atoms. The van der Waals surface area contributed by atoms with Gasteiger partial charge in [-0.3, -0.25) is 4.90 Å². The van der Waals surface area contributed by atoms with Crippen LogP contribution in [0.15, 0.2) is 47.4 Å². The summed E-state index contributed by atoms with van der Waals surface area (Å²) in [6, 6.07) is 13.1. The molecule has 1 saturated heterocycles. The van der Waals surface area contributed by atoms with E-state index in [2.05, 4.69) is 51.7 Å². The fourth-order valence-corrected chi connectivity index (χ4v) is 5.87. The fourth-order valence-electron chi connectivity index (χ4n) is 4.31. The van der Waals surface area contributed by atoms with Crippen molar-refractivity contribution in [3.05, 3.63) is 58.6 Å². The average Bonchev–Trinajstić information content (AvgIpc) is 3.10. The van der Waals surface area contributed by atoms with Gasteiger partial charge in [0.15, 0.2) is 0 Å². The van der Waals surface area contributed by atoms with E-state index in [9.17, 15) is 8.42 Å². The first-order valence-corrected chi connectivity index (χ1v) is 12.2. The molecule has 2 aromatic carbocycles. The quantitative estimate of drug-likeness (QED) is 0.736. The van der Waals surface area contributed by atoms with Crippen molar-refractivity contribution in [2.75, 3.05) is 58.3 Å². The Kier molecular flexibility index (Phi) is 6.36. The summed E-state index contributed by atoms with van der Waals surface area (Å²) in [5.41, 5.74) is 3.77. The fraction of sp³-hybridized carbons (Fsp3) is 0.455. The molecule has 2 aromatic rings. The molecule has 0 unspecified atom stereocenters. The van der Waals surface area contributed by atoms with E-state index in [1.165, 1.54) is 11.3 Å². The van der Waals surface area contributed by atoms with Gasteiger partial charge in [0.2, 0.25) is 10.0 Å². The molecule has 0 saturated carbocycles. The molecule has 0 radical (unpaired) electrons. The first-order valence-electron chi connectivity index (χ1n) is 10.4. The summed E-state index contributed by atoms with van der Waals surface area (Å²) in [5.74, 6) is 0. The molecule has 1 N–H and O–H groups in total. The Morgan fingerprint density at radius 2 is 1.77 bits per heavy atom. The van der Waals surface area contributed by atoms with Gasteiger partial charge in [-0.15, -0.1) is 0 Å². The van der Waals surface area contributed by atoms with Gasteiger partial charge < -0.3 is 9.80 Å². The topological polar surface area (TPSA) is 55.9 Å². The van der Waals surface area contributed by atoms with Crippen LogP contribution in [0.2, 0.25) is 5.02 Å². The van der Waals surface area contributed by atoms with Crippen molar-refractivity contribution >= 4 is 27.3 Å². The average molecular weight is 449 g/mol. The van der Waals surface area contributed by atoms with E-state index < -0.39 is 10.0 Å². The highest BCUT2D eigenvalue weighted by Gasteiger charge is 2.28. The van der Waals surface area contributed by atoms with Crippen molar-refractivity contribution in [2.45, 2.75) is 17.4 Å². The first-order chi connectivity index (χ1) is 14.3. The summed E-state index contributed by atoms with van der Waals surface area (Å²) in [5, 5.41) is 0.238. The number of benzene rings is 2. The minimum atomic E-state index is -3.69. The Hall–Kier alpha value is -1.64. The van der Waals surface area contributed by atoms with Crippen LogP contribution < -0.4 is 9.62 Å². The van der Waals surface area contributed by atoms with Crippen molar-refractivity contribution in [3.63, 3.8) is 0 Å². The van der Waals surface area contributed by atoms with Crippen molar-refractivity contribution in [1.82, 2.24) is 14.5 Å². The second-order valence-electron chi connectivity index (χ2n) is 8.20. The molecule has 4 rings (SSSR count). The number of sulfonamides is 1. The zero-order valence-electron chi connectivity index (χ0n) is 17.5. The molecule has 0 aliphatic carbocycles. The Balaban J connectivity index is 1.59. The number of likely N-dealkylation sites (N-methyl/N-ethyl adjacent to an activating group) is 2. The minimum absolute atomic E-state index is 0.0211. The number of halogens is 1. The first kappa shape index (κ1) is 21.6. The maximum absolute atomic E-state index is 12.9. The Morgan fingerprint density at radius 3 is 2.50 bits per heavy atom. The lowest BCUT2D eigenvalue weighted by Gasteiger charge is -2.38. The van der Waals surface area contributed by atoms with Crippen LogP contribution in [0.5, 0.6) is 0 Å². The van der Waals surface area contributed by atoms with Crippen molar-refractivity contribution in [2.24, 2.45) is 0 Å². The minimum Gasteiger partial charge on any atom is -0.374 e. The zero-order chi connectivity index (χ0) is 21.3. The lowest BCUT2D eigenvalue weighted by Crippen LogP contribution is -2.48. The van der Waals surface area contributed by atoms with Crippen molar-refractivity contribution in [3.8, 4) is 0 Å². The summed E-state index contributed by atoms with van der Waals surface area (Å²) in [7, 11) is 0.544. The van der Waals surface area contributed by atoms with Crippen LogP contribution in [0.3, 0.4) is 0 Å². The van der Waals surface area contributed by atoms with Crippen LogP contribution in [0, 0.1) is 0 Å². The van der Waals surface area contributed by atoms with Gasteiger partial charge in [0, 0.05) is 58.0 Å². The number of fused-ring (bicyclic) bond motifs is 1. The van der Waals surface area contributed by atoms with E-state index >= 15 is 0 Å². The predicted molar refractivity (Wildman–Crippen MR) is 122 cm³/mol. The van der Waals surface area contributed by atoms with Crippen LogP contribution in [-0.2, 0) is 16.4 Å². The molecule has 0 aromatic heterocycles. The number of nitrogens with zero attached hydrogens (tertiary/aromatic N) is 3. The van der Waals surface area contributed by atoms with Crippen molar-refractivity contribution < 1.29 is 8.42 Å². The molecule has 0 amide bonds. The van der Waals surface area contributed by atoms with E-state index in [1.807, 2.05) is 0 Å². The molecule has 2 heterocycles. The molecule has 6 nitrogen and oxygen atoms in total. The van der Waals surface area contributed by atoms with E-state index in [0.29, 0.717) is 6.54 Å². The third-order valence-corrected chi connectivity index (χ3v) is 8.11. The van der Waals surface area contributed by atoms with E-state index in [-0.39, 0.29) is 16.0 Å². The third-order valence-electron chi connectivity index (χ3n) is 6.19. The summed E-state index contributed by atoms with van der Waals surface area (Å²) < 4.78 is 28.7. The number of nitrogens with one attached hydrogen (secondary N) is 1. The smallest absolute Gasteiger partial charge is 0.242 e. The second-order valence-corrected chi connectivity index (χ2v) is 10.3. The lowest BCUT2D eigenvalue weighted by atomic mass is 10.0. The number of rotatable bonds is 6. The van der Waals surface area contributed by atoms with Gasteiger partial charge in [-0.25, -0.2) is 13.1 Å². The summed E-state index contributed by atoms with van der Waals surface area (Å²) in [4.78, 5) is 7.08. The van der Waals surface area contributed by atoms with E-state index in [4.69, 9.17) is 11.6 Å². The van der Waals surface area contributed by atoms with Gasteiger partial charge >= 0.3 is 0 Å². The largest absolute Gasteiger partial charge is 0.374 e. The monoisotopic (exact) mass is 448 g/mol.